The second kappa shape index (κ2) is 6.82. The fraction of sp³-hybridized carbons (Fsp3) is 0.400. The van der Waals surface area contributed by atoms with Crippen molar-refractivity contribution in [2.75, 3.05) is 11.9 Å². The first-order chi connectivity index (χ1) is 11.2. The lowest BCUT2D eigenvalue weighted by Crippen LogP contribution is -2.28. The zero-order valence-electron chi connectivity index (χ0n) is 13.0. The maximum Gasteiger partial charge on any atom is 0.321 e. The minimum absolute atomic E-state index is 0.170. The van der Waals surface area contributed by atoms with Crippen LogP contribution in [0.15, 0.2) is 17.6 Å². The molecule has 0 saturated heterocycles. The van der Waals surface area contributed by atoms with E-state index in [2.05, 4.69) is 20.8 Å². The zero-order chi connectivity index (χ0) is 16.2. The summed E-state index contributed by atoms with van der Waals surface area (Å²) < 4.78 is 11.5. The number of ether oxygens (including phenoxy) is 2. The Kier molecular flexibility index (Phi) is 4.61. The molecule has 2 amide bonds. The number of nitrogens with one attached hydrogen (secondary N) is 2. The Bertz CT molecular complexity index is 690. The number of anilines is 1. The largest absolute Gasteiger partial charge is 0.494 e. The normalized spacial score (nSPS) is 15.7. The van der Waals surface area contributed by atoms with Gasteiger partial charge >= 0.3 is 6.03 Å². The maximum absolute atomic E-state index is 11.9. The average Bonchev–Trinajstić information content (AvgIpc) is 3.13. The molecule has 8 heteroatoms. The van der Waals surface area contributed by atoms with E-state index in [0.717, 1.165) is 29.0 Å². The number of nitrogens with zero attached hydrogens (tertiary/aromatic N) is 2. The highest BCUT2D eigenvalue weighted by molar-refractivity contribution is 7.13. The number of rotatable bonds is 5. The molecule has 0 spiro atoms. The van der Waals surface area contributed by atoms with Crippen molar-refractivity contribution in [3.8, 4) is 11.5 Å². The highest BCUT2D eigenvalue weighted by Crippen LogP contribution is 2.35. The summed E-state index contributed by atoms with van der Waals surface area (Å²) in [5.74, 6) is 1.64. The Morgan fingerprint density at radius 2 is 2.39 bits per heavy atom. The molecule has 23 heavy (non-hydrogen) atoms. The second-order valence-electron chi connectivity index (χ2n) is 5.18. The van der Waals surface area contributed by atoms with E-state index in [0.29, 0.717) is 18.3 Å². The molecule has 2 aromatic rings. The summed E-state index contributed by atoms with van der Waals surface area (Å²) in [7, 11) is 0. The minimum Gasteiger partial charge on any atom is -0.494 e. The van der Waals surface area contributed by atoms with Gasteiger partial charge in [-0.2, -0.15) is 0 Å². The lowest BCUT2D eigenvalue weighted by atomic mass is 10.1. The molecule has 7 nitrogen and oxygen atoms in total. The molecule has 2 heterocycles. The standard InChI is InChI=1S/C15H18N4O3S/c1-3-21-12-5-10-4-9(2)22-13(10)6-11(12)7-16-14(20)18-15-19-17-8-23-15/h5-6,8-9H,3-4,7H2,1-2H3,(H2,16,18,19,20). The third-order valence-corrected chi connectivity index (χ3v) is 4.01. The SMILES string of the molecule is CCOc1cc2c(cc1CNC(=O)Nc1nncs1)OC(C)C2. The quantitative estimate of drug-likeness (QED) is 0.878. The van der Waals surface area contributed by atoms with Crippen molar-refractivity contribution >= 4 is 22.5 Å². The Morgan fingerprint density at radius 3 is 3.13 bits per heavy atom. The summed E-state index contributed by atoms with van der Waals surface area (Å²) in [6.45, 7) is 4.88. The zero-order valence-corrected chi connectivity index (χ0v) is 13.8. The molecule has 1 aliphatic rings. The van der Waals surface area contributed by atoms with Gasteiger partial charge in [-0.05, 0) is 26.0 Å². The molecule has 0 saturated carbocycles. The molecular weight excluding hydrogens is 316 g/mol. The van der Waals surface area contributed by atoms with E-state index < -0.39 is 0 Å². The van der Waals surface area contributed by atoms with Crippen LogP contribution in [0.1, 0.15) is 25.0 Å². The number of carbonyl (C=O) groups is 1. The number of hydrogen-bond acceptors (Lipinski definition) is 6. The predicted molar refractivity (Wildman–Crippen MR) is 87.2 cm³/mol. The van der Waals surface area contributed by atoms with Crippen LogP contribution in [0.25, 0.3) is 0 Å². The van der Waals surface area contributed by atoms with Gasteiger partial charge in [0.1, 0.15) is 23.1 Å². The third kappa shape index (κ3) is 3.70. The monoisotopic (exact) mass is 334 g/mol. The topological polar surface area (TPSA) is 85.4 Å². The molecule has 1 unspecified atom stereocenters. The van der Waals surface area contributed by atoms with Crippen molar-refractivity contribution in [1.82, 2.24) is 15.5 Å². The number of urea groups is 1. The van der Waals surface area contributed by atoms with Gasteiger partial charge in [0, 0.05) is 24.1 Å². The van der Waals surface area contributed by atoms with Gasteiger partial charge in [-0.3, -0.25) is 5.32 Å². The Balaban J connectivity index is 1.69. The van der Waals surface area contributed by atoms with E-state index in [9.17, 15) is 4.79 Å². The molecule has 1 aliphatic heterocycles. The summed E-state index contributed by atoms with van der Waals surface area (Å²) >= 11 is 1.26. The van der Waals surface area contributed by atoms with Crippen molar-refractivity contribution in [2.45, 2.75) is 32.9 Å². The Morgan fingerprint density at radius 1 is 1.52 bits per heavy atom. The van der Waals surface area contributed by atoms with Crippen LogP contribution in [0.2, 0.25) is 0 Å². The van der Waals surface area contributed by atoms with Crippen LogP contribution >= 0.6 is 11.3 Å². The molecule has 0 fully saturated rings. The van der Waals surface area contributed by atoms with E-state index in [4.69, 9.17) is 9.47 Å². The van der Waals surface area contributed by atoms with Crippen LogP contribution in [0.3, 0.4) is 0 Å². The minimum atomic E-state index is -0.334. The number of hydrogen-bond donors (Lipinski definition) is 2. The van der Waals surface area contributed by atoms with Gasteiger partial charge in [-0.25, -0.2) is 4.79 Å². The molecular formula is C15H18N4O3S. The Hall–Kier alpha value is -2.35. The first kappa shape index (κ1) is 15.5. The number of benzene rings is 1. The molecule has 122 valence electrons. The van der Waals surface area contributed by atoms with E-state index in [1.54, 1.807) is 5.51 Å². The van der Waals surface area contributed by atoms with Crippen LogP contribution in [-0.4, -0.2) is 28.9 Å². The van der Waals surface area contributed by atoms with Crippen molar-refractivity contribution in [2.24, 2.45) is 0 Å². The van der Waals surface area contributed by atoms with Gasteiger partial charge in [0.05, 0.1) is 6.61 Å². The van der Waals surface area contributed by atoms with Crippen LogP contribution in [-0.2, 0) is 13.0 Å². The lowest BCUT2D eigenvalue weighted by molar-refractivity contribution is 0.250. The molecule has 0 radical (unpaired) electrons. The first-order valence-corrected chi connectivity index (χ1v) is 8.30. The first-order valence-electron chi connectivity index (χ1n) is 7.42. The highest BCUT2D eigenvalue weighted by atomic mass is 32.1. The van der Waals surface area contributed by atoms with Crippen molar-refractivity contribution in [1.29, 1.82) is 0 Å². The third-order valence-electron chi connectivity index (χ3n) is 3.40. The lowest BCUT2D eigenvalue weighted by Gasteiger charge is -2.13. The van der Waals surface area contributed by atoms with Crippen LogP contribution in [0.5, 0.6) is 11.5 Å². The highest BCUT2D eigenvalue weighted by Gasteiger charge is 2.22. The number of carbonyl (C=O) groups excluding carboxylic acids is 1. The molecule has 0 aliphatic carbocycles. The van der Waals surface area contributed by atoms with E-state index >= 15 is 0 Å². The van der Waals surface area contributed by atoms with Gasteiger partial charge < -0.3 is 14.8 Å². The second-order valence-corrected chi connectivity index (χ2v) is 6.02. The van der Waals surface area contributed by atoms with Crippen molar-refractivity contribution < 1.29 is 14.3 Å². The van der Waals surface area contributed by atoms with Gasteiger partial charge in [0.2, 0.25) is 5.13 Å². The Labute approximate surface area is 138 Å². The summed E-state index contributed by atoms with van der Waals surface area (Å²) in [6, 6.07) is 3.61. The van der Waals surface area contributed by atoms with Crippen LogP contribution in [0.4, 0.5) is 9.93 Å². The summed E-state index contributed by atoms with van der Waals surface area (Å²) in [4.78, 5) is 11.9. The fourth-order valence-electron chi connectivity index (χ4n) is 2.45. The molecule has 1 aromatic heterocycles. The number of fused-ring (bicyclic) bond motifs is 1. The van der Waals surface area contributed by atoms with Crippen LogP contribution in [0, 0.1) is 0 Å². The average molecular weight is 334 g/mol. The fourth-order valence-corrected chi connectivity index (χ4v) is 2.89. The smallest absolute Gasteiger partial charge is 0.321 e. The maximum atomic E-state index is 11.9. The summed E-state index contributed by atoms with van der Waals surface area (Å²) in [6.07, 6.45) is 1.05. The van der Waals surface area contributed by atoms with Gasteiger partial charge in [-0.1, -0.05) is 11.3 Å². The van der Waals surface area contributed by atoms with E-state index in [-0.39, 0.29) is 12.1 Å². The molecule has 2 N–H and O–H groups in total. The number of aromatic nitrogens is 2. The summed E-state index contributed by atoms with van der Waals surface area (Å²) in [5.41, 5.74) is 3.58. The van der Waals surface area contributed by atoms with Gasteiger partial charge in [0.25, 0.3) is 0 Å². The molecule has 1 aromatic carbocycles. The van der Waals surface area contributed by atoms with Gasteiger partial charge in [-0.15, -0.1) is 10.2 Å². The van der Waals surface area contributed by atoms with Gasteiger partial charge in [0.15, 0.2) is 0 Å². The molecule has 3 rings (SSSR count). The molecule has 1 atom stereocenters. The molecule has 0 bridgehead atoms. The number of amides is 2. The summed E-state index contributed by atoms with van der Waals surface area (Å²) in [5, 5.41) is 13.3. The van der Waals surface area contributed by atoms with Crippen LogP contribution < -0.4 is 20.1 Å². The van der Waals surface area contributed by atoms with Crippen molar-refractivity contribution in [3.05, 3.63) is 28.8 Å². The van der Waals surface area contributed by atoms with Crippen molar-refractivity contribution in [3.63, 3.8) is 0 Å². The predicted octanol–water partition coefficient (Wildman–Crippen LogP) is 2.58. The van der Waals surface area contributed by atoms with E-state index in [1.165, 1.54) is 11.3 Å². The van der Waals surface area contributed by atoms with E-state index in [1.807, 2.05) is 26.0 Å².